The Morgan fingerprint density at radius 1 is 1.40 bits per heavy atom. The van der Waals surface area contributed by atoms with Crippen LogP contribution in [0.25, 0.3) is 0 Å². The van der Waals surface area contributed by atoms with Crippen molar-refractivity contribution in [2.45, 2.75) is 13.3 Å². The number of alkyl halides is 3. The first-order valence-corrected chi connectivity index (χ1v) is 3.80. The van der Waals surface area contributed by atoms with Crippen LogP contribution in [0.5, 0.6) is 5.75 Å². The molecule has 0 aliphatic rings. The van der Waals surface area contributed by atoms with Gasteiger partial charge in [-0.3, -0.25) is 10.1 Å². The molecule has 0 aromatic heterocycles. The van der Waals surface area contributed by atoms with E-state index >= 15 is 0 Å². The molecule has 4 nitrogen and oxygen atoms in total. The Hall–Kier alpha value is -1.79. The lowest BCUT2D eigenvalue weighted by atomic mass is 10.2. The molecule has 0 aliphatic heterocycles. The van der Waals surface area contributed by atoms with Crippen LogP contribution in [0.4, 0.5) is 18.9 Å². The molecule has 0 saturated heterocycles. The van der Waals surface area contributed by atoms with E-state index in [1.54, 1.807) is 0 Å². The number of halogens is 3. The molecular formula is C8H6F3NO3. The predicted octanol–water partition coefficient (Wildman–Crippen LogP) is 2.80. The van der Waals surface area contributed by atoms with E-state index in [4.69, 9.17) is 0 Å². The summed E-state index contributed by atoms with van der Waals surface area (Å²) in [5.41, 5.74) is -0.266. The minimum Gasteiger partial charge on any atom is -0.405 e. The van der Waals surface area contributed by atoms with Crippen LogP contribution in [0.3, 0.4) is 0 Å². The van der Waals surface area contributed by atoms with E-state index in [2.05, 4.69) is 4.74 Å². The molecule has 0 N–H and O–H groups in total. The SMILES string of the molecule is Cc1ccc([N+](=O)[O-])cc1OC(F)(F)F. The summed E-state index contributed by atoms with van der Waals surface area (Å²) in [6.07, 6.45) is -4.85. The molecule has 0 unspecified atom stereocenters. The maximum atomic E-state index is 11.9. The van der Waals surface area contributed by atoms with Crippen LogP contribution in [0, 0.1) is 17.0 Å². The number of nitro benzene ring substituents is 1. The molecule has 1 rings (SSSR count). The average molecular weight is 221 g/mol. The topological polar surface area (TPSA) is 52.4 Å². The van der Waals surface area contributed by atoms with E-state index in [1.165, 1.54) is 13.0 Å². The summed E-state index contributed by atoms with van der Waals surface area (Å²) in [4.78, 5) is 9.51. The normalized spacial score (nSPS) is 11.2. The van der Waals surface area contributed by atoms with Gasteiger partial charge in [0.1, 0.15) is 5.75 Å². The molecule has 0 heterocycles. The molecule has 0 radical (unpaired) electrons. The molecule has 0 amide bonds. The molecule has 82 valence electrons. The number of aryl methyl sites for hydroxylation is 1. The van der Waals surface area contributed by atoms with E-state index in [9.17, 15) is 23.3 Å². The average Bonchev–Trinajstić information content (AvgIpc) is 2.06. The van der Waals surface area contributed by atoms with E-state index in [-0.39, 0.29) is 5.56 Å². The molecule has 0 fully saturated rings. The smallest absolute Gasteiger partial charge is 0.405 e. The Labute approximate surface area is 82.4 Å². The standard InChI is InChI=1S/C8H6F3NO3/c1-5-2-3-6(12(13)14)4-7(5)15-8(9,10)11/h2-4H,1H3. The number of non-ortho nitro benzene ring substituents is 1. The number of nitrogens with zero attached hydrogens (tertiary/aromatic N) is 1. The Kier molecular flexibility index (Phi) is 2.83. The maximum Gasteiger partial charge on any atom is 0.573 e. The summed E-state index contributed by atoms with van der Waals surface area (Å²) >= 11 is 0. The van der Waals surface area contributed by atoms with Gasteiger partial charge in [-0.25, -0.2) is 0 Å². The second-order valence-electron chi connectivity index (χ2n) is 2.75. The first kappa shape index (κ1) is 11.3. The van der Waals surface area contributed by atoms with Crippen LogP contribution in [0.1, 0.15) is 5.56 Å². The molecule has 0 aliphatic carbocycles. The molecule has 0 bridgehead atoms. The van der Waals surface area contributed by atoms with E-state index < -0.39 is 22.7 Å². The van der Waals surface area contributed by atoms with Crippen LogP contribution in [0.15, 0.2) is 18.2 Å². The lowest BCUT2D eigenvalue weighted by Crippen LogP contribution is -2.17. The summed E-state index contributed by atoms with van der Waals surface area (Å²) in [5, 5.41) is 10.3. The molecule has 0 atom stereocenters. The van der Waals surface area contributed by atoms with Gasteiger partial charge in [0, 0.05) is 6.07 Å². The number of ether oxygens (including phenoxy) is 1. The van der Waals surface area contributed by atoms with E-state index in [0.29, 0.717) is 0 Å². The molecule has 0 saturated carbocycles. The molecule has 0 spiro atoms. The van der Waals surface area contributed by atoms with Gasteiger partial charge in [0.15, 0.2) is 0 Å². The minimum atomic E-state index is -4.85. The van der Waals surface area contributed by atoms with Gasteiger partial charge in [-0.05, 0) is 18.6 Å². The third-order valence-corrected chi connectivity index (χ3v) is 1.61. The van der Waals surface area contributed by atoms with Gasteiger partial charge in [-0.1, -0.05) is 0 Å². The summed E-state index contributed by atoms with van der Waals surface area (Å²) in [6.45, 7) is 1.37. The first-order chi connectivity index (χ1) is 6.79. The van der Waals surface area contributed by atoms with Crippen molar-refractivity contribution in [3.05, 3.63) is 33.9 Å². The highest BCUT2D eigenvalue weighted by molar-refractivity contribution is 5.43. The van der Waals surface area contributed by atoms with Crippen LogP contribution >= 0.6 is 0 Å². The molecule has 1 aromatic carbocycles. The highest BCUT2D eigenvalue weighted by Gasteiger charge is 2.32. The number of rotatable bonds is 2. The maximum absolute atomic E-state index is 11.9. The van der Waals surface area contributed by atoms with E-state index in [1.807, 2.05) is 0 Å². The summed E-state index contributed by atoms with van der Waals surface area (Å²) < 4.78 is 39.2. The van der Waals surface area contributed by atoms with Crippen molar-refractivity contribution in [1.29, 1.82) is 0 Å². The zero-order valence-electron chi connectivity index (χ0n) is 7.54. The van der Waals surface area contributed by atoms with Gasteiger partial charge in [-0.2, -0.15) is 0 Å². The summed E-state index contributed by atoms with van der Waals surface area (Å²) in [6, 6.07) is 3.04. The van der Waals surface area contributed by atoms with Crippen molar-refractivity contribution in [3.8, 4) is 5.75 Å². The fourth-order valence-electron chi connectivity index (χ4n) is 0.937. The molecule has 1 aromatic rings. The highest BCUT2D eigenvalue weighted by Crippen LogP contribution is 2.29. The third-order valence-electron chi connectivity index (χ3n) is 1.61. The van der Waals surface area contributed by atoms with Gasteiger partial charge in [0.2, 0.25) is 0 Å². The van der Waals surface area contributed by atoms with Gasteiger partial charge >= 0.3 is 6.36 Å². The van der Waals surface area contributed by atoms with Crippen molar-refractivity contribution in [3.63, 3.8) is 0 Å². The monoisotopic (exact) mass is 221 g/mol. The summed E-state index contributed by atoms with van der Waals surface area (Å²) in [7, 11) is 0. The van der Waals surface area contributed by atoms with Crippen molar-refractivity contribution in [1.82, 2.24) is 0 Å². The quantitative estimate of drug-likeness (QED) is 0.569. The zero-order chi connectivity index (χ0) is 11.6. The fraction of sp³-hybridized carbons (Fsp3) is 0.250. The zero-order valence-corrected chi connectivity index (χ0v) is 7.54. The Morgan fingerprint density at radius 2 is 2.00 bits per heavy atom. The van der Waals surface area contributed by atoms with Crippen LogP contribution in [-0.4, -0.2) is 11.3 Å². The predicted molar refractivity (Wildman–Crippen MR) is 44.5 cm³/mol. The third kappa shape index (κ3) is 3.12. The second kappa shape index (κ2) is 3.76. The Morgan fingerprint density at radius 3 is 2.47 bits per heavy atom. The Bertz CT molecular complexity index is 389. The van der Waals surface area contributed by atoms with Crippen molar-refractivity contribution in [2.75, 3.05) is 0 Å². The summed E-state index contributed by atoms with van der Waals surface area (Å²) in [5.74, 6) is -0.559. The van der Waals surface area contributed by atoms with Gasteiger partial charge in [-0.15, -0.1) is 13.2 Å². The number of nitro groups is 1. The fourth-order valence-corrected chi connectivity index (χ4v) is 0.937. The largest absolute Gasteiger partial charge is 0.573 e. The highest BCUT2D eigenvalue weighted by atomic mass is 19.4. The second-order valence-corrected chi connectivity index (χ2v) is 2.75. The molecular weight excluding hydrogens is 215 g/mol. The first-order valence-electron chi connectivity index (χ1n) is 3.80. The van der Waals surface area contributed by atoms with Crippen LogP contribution in [0.2, 0.25) is 0 Å². The number of hydrogen-bond acceptors (Lipinski definition) is 3. The van der Waals surface area contributed by atoms with Gasteiger partial charge in [0.25, 0.3) is 5.69 Å². The van der Waals surface area contributed by atoms with E-state index in [0.717, 1.165) is 12.1 Å². The number of hydrogen-bond donors (Lipinski definition) is 0. The van der Waals surface area contributed by atoms with Crippen LogP contribution < -0.4 is 4.74 Å². The lowest BCUT2D eigenvalue weighted by Gasteiger charge is -2.10. The van der Waals surface area contributed by atoms with Crippen molar-refractivity contribution in [2.24, 2.45) is 0 Å². The molecule has 7 heteroatoms. The Balaban J connectivity index is 3.06. The van der Waals surface area contributed by atoms with Gasteiger partial charge < -0.3 is 4.74 Å². The van der Waals surface area contributed by atoms with Crippen molar-refractivity contribution < 1.29 is 22.8 Å². The van der Waals surface area contributed by atoms with Crippen LogP contribution in [-0.2, 0) is 0 Å². The van der Waals surface area contributed by atoms with Gasteiger partial charge in [0.05, 0.1) is 11.0 Å². The van der Waals surface area contributed by atoms with Crippen molar-refractivity contribution >= 4 is 5.69 Å². The minimum absolute atomic E-state index is 0.179. The lowest BCUT2D eigenvalue weighted by molar-refractivity contribution is -0.385. The molecule has 15 heavy (non-hydrogen) atoms. The number of benzene rings is 1.